The molecule has 0 radical (unpaired) electrons. The van der Waals surface area contributed by atoms with Crippen molar-refractivity contribution in [2.45, 2.75) is 84.5 Å². The van der Waals surface area contributed by atoms with Crippen LogP contribution < -0.4 is 9.47 Å². The van der Waals surface area contributed by atoms with Crippen LogP contribution in [0.25, 0.3) is 0 Å². The number of carbonyl (C=O) groups is 1. The second kappa shape index (κ2) is 10.8. The fraction of sp³-hybridized carbons (Fsp3) is 0.750. The van der Waals surface area contributed by atoms with E-state index in [-0.39, 0.29) is 11.9 Å². The summed E-state index contributed by atoms with van der Waals surface area (Å²) in [6.45, 7) is 4.83. The summed E-state index contributed by atoms with van der Waals surface area (Å²) in [6, 6.07) is 3.51. The predicted molar refractivity (Wildman–Crippen MR) is 111 cm³/mol. The van der Waals surface area contributed by atoms with Crippen molar-refractivity contribution in [2.75, 3.05) is 6.61 Å². The van der Waals surface area contributed by atoms with E-state index in [9.17, 15) is 4.79 Å². The number of rotatable bonds is 8. The van der Waals surface area contributed by atoms with Crippen molar-refractivity contribution in [3.05, 3.63) is 18.3 Å². The topological polar surface area (TPSA) is 48.4 Å². The molecular weight excluding hydrogens is 350 g/mol. The van der Waals surface area contributed by atoms with Gasteiger partial charge >= 0.3 is 5.97 Å². The maximum atomic E-state index is 12.5. The molecule has 0 N–H and O–H groups in total. The van der Waals surface area contributed by atoms with Gasteiger partial charge in [0.15, 0.2) is 0 Å². The summed E-state index contributed by atoms with van der Waals surface area (Å²) in [7, 11) is 0. The second-order valence-corrected chi connectivity index (χ2v) is 8.78. The zero-order valence-electron chi connectivity index (χ0n) is 17.7. The Kier molecular flexibility index (Phi) is 8.17. The minimum Gasteiger partial charge on any atom is -0.478 e. The highest BCUT2D eigenvalue weighted by molar-refractivity contribution is 5.75. The highest BCUT2D eigenvalue weighted by Crippen LogP contribution is 2.37. The molecule has 2 fully saturated rings. The summed E-state index contributed by atoms with van der Waals surface area (Å²) >= 11 is 0. The molecule has 0 spiro atoms. The molecule has 0 atom stereocenters. The number of nitrogens with zero attached hydrogens (tertiary/aromatic N) is 1. The van der Waals surface area contributed by atoms with E-state index in [1.807, 2.05) is 6.92 Å². The Hall–Kier alpha value is -1.58. The fourth-order valence-corrected chi connectivity index (χ4v) is 4.95. The molecule has 0 amide bonds. The molecule has 0 aliphatic heterocycles. The van der Waals surface area contributed by atoms with Gasteiger partial charge in [0.25, 0.3) is 0 Å². The Morgan fingerprint density at radius 2 is 1.54 bits per heavy atom. The number of pyridine rings is 1. The monoisotopic (exact) mass is 387 g/mol. The number of aromatic nitrogens is 1. The largest absolute Gasteiger partial charge is 0.478 e. The smallest absolute Gasteiger partial charge is 0.314 e. The molecule has 2 saturated carbocycles. The van der Waals surface area contributed by atoms with Gasteiger partial charge in [-0.2, -0.15) is 0 Å². The Labute approximate surface area is 170 Å². The van der Waals surface area contributed by atoms with E-state index in [0.29, 0.717) is 18.2 Å². The van der Waals surface area contributed by atoms with Gasteiger partial charge in [-0.15, -0.1) is 0 Å². The zero-order chi connectivity index (χ0) is 19.8. The number of hydrogen-bond acceptors (Lipinski definition) is 4. The molecule has 0 saturated heterocycles. The highest BCUT2D eigenvalue weighted by Gasteiger charge is 2.28. The average Bonchev–Trinajstić information content (AvgIpc) is 2.74. The second-order valence-electron chi connectivity index (χ2n) is 8.78. The summed E-state index contributed by atoms with van der Waals surface area (Å²) in [4.78, 5) is 16.6. The molecule has 0 aromatic carbocycles. The van der Waals surface area contributed by atoms with Crippen molar-refractivity contribution < 1.29 is 14.3 Å². The van der Waals surface area contributed by atoms with Gasteiger partial charge in [-0.3, -0.25) is 4.79 Å². The van der Waals surface area contributed by atoms with E-state index in [1.165, 1.54) is 57.8 Å². The van der Waals surface area contributed by atoms with Crippen molar-refractivity contribution in [3.63, 3.8) is 0 Å². The third kappa shape index (κ3) is 6.22. The third-order valence-corrected chi connectivity index (χ3v) is 6.93. The van der Waals surface area contributed by atoms with E-state index < -0.39 is 0 Å². The molecule has 4 nitrogen and oxygen atoms in total. The first-order chi connectivity index (χ1) is 13.7. The Morgan fingerprint density at radius 1 is 0.929 bits per heavy atom. The van der Waals surface area contributed by atoms with Crippen molar-refractivity contribution in [2.24, 2.45) is 23.7 Å². The van der Waals surface area contributed by atoms with E-state index in [2.05, 4.69) is 11.9 Å². The third-order valence-electron chi connectivity index (χ3n) is 6.93. The lowest BCUT2D eigenvalue weighted by molar-refractivity contribution is -0.140. The van der Waals surface area contributed by atoms with Gasteiger partial charge in [-0.1, -0.05) is 51.9 Å². The molecule has 2 aliphatic carbocycles. The number of esters is 1. The number of ether oxygens (including phenoxy) is 2. The summed E-state index contributed by atoms with van der Waals surface area (Å²) in [6.07, 6.45) is 15.7. The quantitative estimate of drug-likeness (QED) is 0.499. The van der Waals surface area contributed by atoms with Crippen LogP contribution in [0.15, 0.2) is 18.3 Å². The molecule has 1 heterocycles. The fourth-order valence-electron chi connectivity index (χ4n) is 4.95. The first kappa shape index (κ1) is 21.1. The highest BCUT2D eigenvalue weighted by atomic mass is 16.5. The summed E-state index contributed by atoms with van der Waals surface area (Å²) in [5.41, 5.74) is 0. The van der Waals surface area contributed by atoms with Crippen LogP contribution in [0.5, 0.6) is 11.6 Å². The first-order valence-corrected chi connectivity index (χ1v) is 11.5. The molecule has 1 aromatic rings. The van der Waals surface area contributed by atoms with Gasteiger partial charge < -0.3 is 9.47 Å². The zero-order valence-corrected chi connectivity index (χ0v) is 17.7. The van der Waals surface area contributed by atoms with E-state index in [1.54, 1.807) is 18.3 Å². The van der Waals surface area contributed by atoms with Crippen molar-refractivity contribution in [1.82, 2.24) is 4.98 Å². The summed E-state index contributed by atoms with van der Waals surface area (Å²) < 4.78 is 10.9. The van der Waals surface area contributed by atoms with E-state index >= 15 is 0 Å². The molecule has 1 aromatic heterocycles. The van der Waals surface area contributed by atoms with Crippen LogP contribution in [0.3, 0.4) is 0 Å². The lowest BCUT2D eigenvalue weighted by atomic mass is 9.75. The van der Waals surface area contributed by atoms with Gasteiger partial charge in [-0.25, -0.2) is 4.98 Å². The van der Waals surface area contributed by atoms with Gasteiger partial charge in [0.1, 0.15) is 5.75 Å². The van der Waals surface area contributed by atoms with Crippen LogP contribution in [0.2, 0.25) is 0 Å². The average molecular weight is 388 g/mol. The van der Waals surface area contributed by atoms with Crippen LogP contribution in [-0.4, -0.2) is 17.6 Å². The van der Waals surface area contributed by atoms with Crippen LogP contribution in [0, 0.1) is 23.7 Å². The molecule has 2 aliphatic rings. The predicted octanol–water partition coefficient (Wildman–Crippen LogP) is 6.19. The van der Waals surface area contributed by atoms with Gasteiger partial charge in [-0.05, 0) is 56.4 Å². The van der Waals surface area contributed by atoms with Gasteiger partial charge in [0.2, 0.25) is 5.88 Å². The Bertz CT molecular complexity index is 584. The lowest BCUT2D eigenvalue weighted by Gasteiger charge is -2.31. The normalized spacial score (nSPS) is 27.9. The lowest BCUT2D eigenvalue weighted by Crippen LogP contribution is -2.26. The van der Waals surface area contributed by atoms with Gasteiger partial charge in [0.05, 0.1) is 18.7 Å². The number of hydrogen-bond donors (Lipinski definition) is 0. The van der Waals surface area contributed by atoms with E-state index in [4.69, 9.17) is 9.47 Å². The maximum Gasteiger partial charge on any atom is 0.314 e. The van der Waals surface area contributed by atoms with Crippen molar-refractivity contribution in [1.29, 1.82) is 0 Å². The summed E-state index contributed by atoms with van der Waals surface area (Å²) in [5.74, 6) is 3.77. The summed E-state index contributed by atoms with van der Waals surface area (Å²) in [5, 5.41) is 0. The van der Waals surface area contributed by atoms with Crippen LogP contribution in [-0.2, 0) is 4.79 Å². The van der Waals surface area contributed by atoms with Crippen LogP contribution in [0.4, 0.5) is 0 Å². The minimum atomic E-state index is -0.0951. The number of carbonyl (C=O) groups excluding carboxylic acids is 1. The molecule has 0 bridgehead atoms. The molecule has 0 unspecified atom stereocenters. The molecular formula is C24H37NO3. The van der Waals surface area contributed by atoms with Crippen molar-refractivity contribution in [3.8, 4) is 11.6 Å². The Morgan fingerprint density at radius 3 is 2.07 bits per heavy atom. The molecule has 4 heteroatoms. The maximum absolute atomic E-state index is 12.5. The molecule has 3 rings (SSSR count). The van der Waals surface area contributed by atoms with Crippen molar-refractivity contribution >= 4 is 5.97 Å². The standard InChI is InChI=1S/C24H37NO3/c1-3-18-5-7-19(8-6-18)9-10-20-11-13-21(14-12-20)24(26)28-22-15-16-23(25-17-22)27-4-2/h15-21H,3-14H2,1-2H3. The van der Waals surface area contributed by atoms with Gasteiger partial charge in [0, 0.05) is 6.07 Å². The van der Waals surface area contributed by atoms with Crippen LogP contribution >= 0.6 is 0 Å². The first-order valence-electron chi connectivity index (χ1n) is 11.5. The SMILES string of the molecule is CCOc1ccc(OC(=O)C2CCC(CCC3CCC(CC)CC3)CC2)cn1. The van der Waals surface area contributed by atoms with E-state index in [0.717, 1.165) is 30.6 Å². The Balaban J connectivity index is 1.34. The molecule has 28 heavy (non-hydrogen) atoms. The van der Waals surface area contributed by atoms with Crippen LogP contribution in [0.1, 0.15) is 84.5 Å². The molecule has 156 valence electrons. The minimum absolute atomic E-state index is 0.0443.